The highest BCUT2D eigenvalue weighted by Crippen LogP contribution is 2.26. The first-order chi connectivity index (χ1) is 9.80. The number of nitro benzene ring substituents is 1. The van der Waals surface area contributed by atoms with Crippen LogP contribution in [0.3, 0.4) is 0 Å². The van der Waals surface area contributed by atoms with Crippen molar-refractivity contribution in [2.75, 3.05) is 13.1 Å². The number of likely N-dealkylation sites (tertiary alicyclic amines) is 1. The lowest BCUT2D eigenvalue weighted by atomic mass is 9.93. The normalized spacial score (nSPS) is 18.4. The minimum absolute atomic E-state index is 0.250. The fraction of sp³-hybridized carbons (Fsp3) is 0.500. The summed E-state index contributed by atoms with van der Waals surface area (Å²) in [6, 6.07) is 4.30. The molecule has 0 atom stereocenters. The average Bonchev–Trinajstić information content (AvgIpc) is 2.40. The molecule has 0 saturated carbocycles. The molecule has 0 spiro atoms. The highest BCUT2D eigenvalue weighted by molar-refractivity contribution is 5.94. The third kappa shape index (κ3) is 3.56. The van der Waals surface area contributed by atoms with Crippen molar-refractivity contribution in [3.05, 3.63) is 39.4 Å². The number of carboxylic acid groups (broad SMARTS) is 1. The maximum Gasteiger partial charge on any atom is 0.343 e. The number of aromatic carboxylic acids is 1. The molecular formula is C14H18N2O5. The van der Waals surface area contributed by atoms with E-state index in [9.17, 15) is 25.1 Å². The minimum atomic E-state index is -1.29. The molecule has 1 aromatic rings. The predicted octanol–water partition coefficient (Wildman–Crippen LogP) is 1.64. The third-order valence-corrected chi connectivity index (χ3v) is 3.87. The standard InChI is InChI=1S/C14H18N2O5/c1-14(19)5-7-15(8-6-14)9-10-3-2-4-11(16(20)21)12(10)13(17)18/h2-4,19H,5-9H2,1H3,(H,17,18). The number of rotatable bonds is 4. The van der Waals surface area contributed by atoms with E-state index in [0.29, 0.717) is 38.0 Å². The lowest BCUT2D eigenvalue weighted by Gasteiger charge is -2.35. The van der Waals surface area contributed by atoms with Gasteiger partial charge in [0.15, 0.2) is 0 Å². The van der Waals surface area contributed by atoms with Gasteiger partial charge in [0, 0.05) is 25.7 Å². The van der Waals surface area contributed by atoms with Gasteiger partial charge in [-0.1, -0.05) is 12.1 Å². The van der Waals surface area contributed by atoms with Gasteiger partial charge in [-0.3, -0.25) is 15.0 Å². The molecule has 114 valence electrons. The fourth-order valence-electron chi connectivity index (χ4n) is 2.55. The van der Waals surface area contributed by atoms with E-state index in [2.05, 4.69) is 0 Å². The van der Waals surface area contributed by atoms with Crippen molar-refractivity contribution >= 4 is 11.7 Å². The van der Waals surface area contributed by atoms with Crippen molar-refractivity contribution in [2.24, 2.45) is 0 Å². The van der Waals surface area contributed by atoms with Crippen LogP contribution in [-0.2, 0) is 6.54 Å². The minimum Gasteiger partial charge on any atom is -0.477 e. The Morgan fingerprint density at radius 2 is 2.05 bits per heavy atom. The van der Waals surface area contributed by atoms with E-state index in [4.69, 9.17) is 0 Å². The number of benzene rings is 1. The summed E-state index contributed by atoms with van der Waals surface area (Å²) in [5, 5.41) is 30.1. The summed E-state index contributed by atoms with van der Waals surface area (Å²) in [5.74, 6) is -1.29. The summed E-state index contributed by atoms with van der Waals surface area (Å²) in [4.78, 5) is 23.6. The Kier molecular flexibility index (Phi) is 4.24. The molecule has 0 aliphatic carbocycles. The Bertz CT molecular complexity index is 560. The van der Waals surface area contributed by atoms with Crippen molar-refractivity contribution in [1.29, 1.82) is 0 Å². The Morgan fingerprint density at radius 1 is 1.43 bits per heavy atom. The van der Waals surface area contributed by atoms with Crippen LogP contribution in [0, 0.1) is 10.1 Å². The fourth-order valence-corrected chi connectivity index (χ4v) is 2.55. The molecule has 0 bridgehead atoms. The third-order valence-electron chi connectivity index (χ3n) is 3.87. The number of nitro groups is 1. The summed E-state index contributed by atoms with van der Waals surface area (Å²) >= 11 is 0. The molecule has 21 heavy (non-hydrogen) atoms. The molecule has 1 saturated heterocycles. The SMILES string of the molecule is CC1(O)CCN(Cc2cccc([N+](=O)[O-])c2C(=O)O)CC1. The first kappa shape index (κ1) is 15.4. The average molecular weight is 294 g/mol. The second-order valence-electron chi connectivity index (χ2n) is 5.65. The summed E-state index contributed by atoms with van der Waals surface area (Å²) in [7, 11) is 0. The van der Waals surface area contributed by atoms with Crippen LogP contribution in [0.1, 0.15) is 35.7 Å². The number of hydrogen-bond donors (Lipinski definition) is 2. The smallest absolute Gasteiger partial charge is 0.343 e. The first-order valence-electron chi connectivity index (χ1n) is 6.74. The van der Waals surface area contributed by atoms with Crippen LogP contribution in [0.2, 0.25) is 0 Å². The zero-order valence-corrected chi connectivity index (χ0v) is 11.8. The molecule has 0 radical (unpaired) electrons. The molecule has 1 fully saturated rings. The summed E-state index contributed by atoms with van der Waals surface area (Å²) in [6.07, 6.45) is 1.20. The number of aliphatic hydroxyl groups is 1. The topological polar surface area (TPSA) is 104 Å². The van der Waals surface area contributed by atoms with Crippen molar-refractivity contribution in [3.8, 4) is 0 Å². The van der Waals surface area contributed by atoms with Crippen LogP contribution in [0.5, 0.6) is 0 Å². The lowest BCUT2D eigenvalue weighted by molar-refractivity contribution is -0.385. The van der Waals surface area contributed by atoms with Crippen LogP contribution in [0.15, 0.2) is 18.2 Å². The van der Waals surface area contributed by atoms with Gasteiger partial charge in [0.1, 0.15) is 5.56 Å². The van der Waals surface area contributed by atoms with E-state index in [1.807, 2.05) is 4.90 Å². The molecule has 7 heteroatoms. The molecule has 0 unspecified atom stereocenters. The zero-order chi connectivity index (χ0) is 15.6. The molecule has 1 heterocycles. The van der Waals surface area contributed by atoms with Gasteiger partial charge in [-0.25, -0.2) is 4.79 Å². The van der Waals surface area contributed by atoms with Crippen LogP contribution in [-0.4, -0.2) is 44.7 Å². The molecule has 1 aromatic carbocycles. The summed E-state index contributed by atoms with van der Waals surface area (Å²) in [6.45, 7) is 3.38. The maximum atomic E-state index is 11.3. The Hall–Kier alpha value is -1.99. The zero-order valence-electron chi connectivity index (χ0n) is 11.8. The highest BCUT2D eigenvalue weighted by Gasteiger charge is 2.29. The van der Waals surface area contributed by atoms with Gasteiger partial charge in [-0.05, 0) is 25.3 Å². The molecule has 0 amide bonds. The second kappa shape index (κ2) is 5.79. The largest absolute Gasteiger partial charge is 0.477 e. The number of piperidine rings is 1. The van der Waals surface area contributed by atoms with E-state index in [0.717, 1.165) is 0 Å². The van der Waals surface area contributed by atoms with Gasteiger partial charge in [-0.2, -0.15) is 0 Å². The van der Waals surface area contributed by atoms with Gasteiger partial charge >= 0.3 is 5.97 Å². The molecule has 2 rings (SSSR count). The van der Waals surface area contributed by atoms with E-state index < -0.39 is 16.5 Å². The van der Waals surface area contributed by atoms with Gasteiger partial charge in [0.25, 0.3) is 5.69 Å². The van der Waals surface area contributed by atoms with E-state index >= 15 is 0 Å². The number of carboxylic acids is 1. The number of hydrogen-bond acceptors (Lipinski definition) is 5. The number of nitrogens with zero attached hydrogens (tertiary/aromatic N) is 2. The molecular weight excluding hydrogens is 276 g/mol. The van der Waals surface area contributed by atoms with Crippen LogP contribution in [0.4, 0.5) is 5.69 Å². The monoisotopic (exact) mass is 294 g/mol. The van der Waals surface area contributed by atoms with Crippen LogP contribution < -0.4 is 0 Å². The summed E-state index contributed by atoms with van der Waals surface area (Å²) < 4.78 is 0. The highest BCUT2D eigenvalue weighted by atomic mass is 16.6. The summed E-state index contributed by atoms with van der Waals surface area (Å²) in [5.41, 5.74) is -0.892. The predicted molar refractivity (Wildman–Crippen MR) is 75.2 cm³/mol. The quantitative estimate of drug-likeness (QED) is 0.646. The van der Waals surface area contributed by atoms with Crippen molar-refractivity contribution < 1.29 is 19.9 Å². The first-order valence-corrected chi connectivity index (χ1v) is 6.74. The Balaban J connectivity index is 2.23. The van der Waals surface area contributed by atoms with Gasteiger partial charge in [0.2, 0.25) is 0 Å². The van der Waals surface area contributed by atoms with Crippen molar-refractivity contribution in [2.45, 2.75) is 31.9 Å². The van der Waals surface area contributed by atoms with Crippen molar-refractivity contribution in [3.63, 3.8) is 0 Å². The Morgan fingerprint density at radius 3 is 2.57 bits per heavy atom. The molecule has 0 aromatic heterocycles. The van der Waals surface area contributed by atoms with E-state index in [1.54, 1.807) is 13.0 Å². The van der Waals surface area contributed by atoms with Gasteiger partial charge in [-0.15, -0.1) is 0 Å². The second-order valence-corrected chi connectivity index (χ2v) is 5.65. The molecule has 1 aliphatic rings. The van der Waals surface area contributed by atoms with Crippen LogP contribution >= 0.6 is 0 Å². The molecule has 2 N–H and O–H groups in total. The van der Waals surface area contributed by atoms with Crippen molar-refractivity contribution in [1.82, 2.24) is 4.90 Å². The lowest BCUT2D eigenvalue weighted by Crippen LogP contribution is -2.42. The van der Waals surface area contributed by atoms with E-state index in [-0.39, 0.29) is 11.3 Å². The Labute approximate surface area is 122 Å². The van der Waals surface area contributed by atoms with Crippen LogP contribution in [0.25, 0.3) is 0 Å². The number of carbonyl (C=O) groups is 1. The molecule has 1 aliphatic heterocycles. The maximum absolute atomic E-state index is 11.3. The van der Waals surface area contributed by atoms with E-state index in [1.165, 1.54) is 12.1 Å². The van der Waals surface area contributed by atoms with Gasteiger partial charge in [0.05, 0.1) is 10.5 Å². The molecule has 7 nitrogen and oxygen atoms in total. The van der Waals surface area contributed by atoms with Gasteiger partial charge < -0.3 is 10.2 Å².